The zero-order valence-corrected chi connectivity index (χ0v) is 14.4. The first kappa shape index (κ1) is 18.3. The van der Waals surface area contributed by atoms with Crippen molar-refractivity contribution in [2.75, 3.05) is 13.2 Å². The molecule has 0 saturated carbocycles. The molecular weight excluding hydrogens is 354 g/mol. The lowest BCUT2D eigenvalue weighted by atomic mass is 10.0. The highest BCUT2D eigenvalue weighted by molar-refractivity contribution is 5.88. The molecule has 1 aliphatic heterocycles. The summed E-state index contributed by atoms with van der Waals surface area (Å²) in [5, 5.41) is 16.7. The molecular formula is C18H19N3O6. The van der Waals surface area contributed by atoms with E-state index in [0.29, 0.717) is 24.4 Å². The third kappa shape index (κ3) is 4.78. The van der Waals surface area contributed by atoms with E-state index in [1.165, 1.54) is 6.26 Å². The molecule has 3 rings (SSSR count). The minimum Gasteiger partial charge on any atom is -0.493 e. The summed E-state index contributed by atoms with van der Waals surface area (Å²) in [6, 6.07) is 6.63. The normalized spacial score (nSPS) is 13.2. The van der Waals surface area contributed by atoms with E-state index in [0.717, 1.165) is 11.3 Å². The number of fused-ring (bicyclic) bond motifs is 1. The predicted molar refractivity (Wildman–Crippen MR) is 93.1 cm³/mol. The van der Waals surface area contributed by atoms with Crippen molar-refractivity contribution >= 4 is 17.9 Å². The highest BCUT2D eigenvalue weighted by Crippen LogP contribution is 2.28. The summed E-state index contributed by atoms with van der Waals surface area (Å²) in [4.78, 5) is 35.3. The van der Waals surface area contributed by atoms with Crippen molar-refractivity contribution in [1.29, 1.82) is 0 Å². The van der Waals surface area contributed by atoms with Crippen molar-refractivity contribution in [3.05, 3.63) is 53.5 Å². The predicted octanol–water partition coefficient (Wildman–Crippen LogP) is 0.956. The van der Waals surface area contributed by atoms with Gasteiger partial charge in [0.15, 0.2) is 6.04 Å². The molecule has 9 nitrogen and oxygen atoms in total. The molecule has 0 fully saturated rings. The summed E-state index contributed by atoms with van der Waals surface area (Å²) in [5.74, 6) is -0.512. The summed E-state index contributed by atoms with van der Waals surface area (Å²) in [7, 11) is 0. The first-order chi connectivity index (χ1) is 13.0. The highest BCUT2D eigenvalue weighted by Gasteiger charge is 2.24. The number of furan rings is 1. The number of urea groups is 1. The molecule has 0 radical (unpaired) electrons. The molecule has 1 atom stereocenters. The van der Waals surface area contributed by atoms with E-state index in [-0.39, 0.29) is 13.1 Å². The van der Waals surface area contributed by atoms with Gasteiger partial charge in [0.05, 0.1) is 26.0 Å². The first-order valence-electron chi connectivity index (χ1n) is 8.35. The van der Waals surface area contributed by atoms with Crippen LogP contribution in [0.4, 0.5) is 4.79 Å². The van der Waals surface area contributed by atoms with Crippen LogP contribution < -0.4 is 20.7 Å². The van der Waals surface area contributed by atoms with Gasteiger partial charge in [0.1, 0.15) is 11.5 Å². The Hall–Kier alpha value is -3.49. The Morgan fingerprint density at radius 3 is 2.78 bits per heavy atom. The lowest BCUT2D eigenvalue weighted by molar-refractivity contribution is -0.141. The molecule has 2 heterocycles. The van der Waals surface area contributed by atoms with Gasteiger partial charge in [-0.3, -0.25) is 4.79 Å². The summed E-state index contributed by atoms with van der Waals surface area (Å²) in [6.45, 7) is 0.372. The topological polar surface area (TPSA) is 130 Å². The number of carboxylic acids is 1. The standard InChI is InChI=1S/C18H19N3O6/c22-15(10-20-18(25)19-9-13-2-1-6-26-13)21-16(17(23)24)12-3-4-14-11(8-12)5-7-27-14/h1-4,6,8,16H,5,7,9-10H2,(H,21,22)(H,23,24)(H2,19,20,25). The van der Waals surface area contributed by atoms with Gasteiger partial charge in [-0.25, -0.2) is 9.59 Å². The molecule has 0 spiro atoms. The molecule has 2 aromatic rings. The van der Waals surface area contributed by atoms with Crippen molar-refractivity contribution in [3.8, 4) is 5.75 Å². The Labute approximate surface area is 154 Å². The fourth-order valence-electron chi connectivity index (χ4n) is 2.69. The Kier molecular flexibility index (Phi) is 5.60. The van der Waals surface area contributed by atoms with Crippen molar-refractivity contribution < 1.29 is 28.6 Å². The molecule has 0 aliphatic carbocycles. The molecule has 142 valence electrons. The van der Waals surface area contributed by atoms with Gasteiger partial charge in [-0.2, -0.15) is 0 Å². The van der Waals surface area contributed by atoms with Gasteiger partial charge >= 0.3 is 12.0 Å². The number of aliphatic carboxylic acids is 1. The number of hydrogen-bond donors (Lipinski definition) is 4. The van der Waals surface area contributed by atoms with Crippen LogP contribution in [-0.2, 0) is 22.6 Å². The molecule has 1 aromatic carbocycles. The summed E-state index contributed by atoms with van der Waals surface area (Å²) >= 11 is 0. The number of nitrogens with one attached hydrogen (secondary N) is 3. The SMILES string of the molecule is O=C(CNC(=O)NCc1ccco1)NC(C(=O)O)c1ccc2c(c1)CCO2. The van der Waals surface area contributed by atoms with Gasteiger partial charge < -0.3 is 30.2 Å². The molecule has 0 saturated heterocycles. The monoisotopic (exact) mass is 373 g/mol. The highest BCUT2D eigenvalue weighted by atomic mass is 16.5. The minimum atomic E-state index is -1.21. The van der Waals surface area contributed by atoms with Gasteiger partial charge in [0.25, 0.3) is 0 Å². The third-order valence-corrected chi connectivity index (χ3v) is 4.01. The lowest BCUT2D eigenvalue weighted by Crippen LogP contribution is -2.44. The van der Waals surface area contributed by atoms with E-state index in [1.54, 1.807) is 30.3 Å². The van der Waals surface area contributed by atoms with Crippen LogP contribution in [-0.4, -0.2) is 36.2 Å². The average molecular weight is 373 g/mol. The van der Waals surface area contributed by atoms with Crippen LogP contribution in [0.1, 0.15) is 22.9 Å². The Morgan fingerprint density at radius 2 is 2.04 bits per heavy atom. The maximum Gasteiger partial charge on any atom is 0.330 e. The molecule has 3 amide bonds. The molecule has 1 aliphatic rings. The Balaban J connectivity index is 1.51. The smallest absolute Gasteiger partial charge is 0.330 e. The molecule has 1 unspecified atom stereocenters. The second-order valence-corrected chi connectivity index (χ2v) is 5.92. The molecule has 4 N–H and O–H groups in total. The van der Waals surface area contributed by atoms with Gasteiger partial charge in [-0.15, -0.1) is 0 Å². The van der Waals surface area contributed by atoms with Crippen molar-refractivity contribution in [2.45, 2.75) is 19.0 Å². The maximum absolute atomic E-state index is 12.0. The zero-order valence-electron chi connectivity index (χ0n) is 14.4. The van der Waals surface area contributed by atoms with E-state index < -0.39 is 23.9 Å². The fraction of sp³-hybridized carbons (Fsp3) is 0.278. The van der Waals surface area contributed by atoms with Gasteiger partial charge in [0.2, 0.25) is 5.91 Å². The fourth-order valence-corrected chi connectivity index (χ4v) is 2.69. The number of carbonyl (C=O) groups is 3. The number of amides is 3. The molecule has 9 heteroatoms. The van der Waals surface area contributed by atoms with E-state index in [9.17, 15) is 19.5 Å². The lowest BCUT2D eigenvalue weighted by Gasteiger charge is -2.16. The summed E-state index contributed by atoms with van der Waals surface area (Å²) < 4.78 is 10.5. The molecule has 27 heavy (non-hydrogen) atoms. The second-order valence-electron chi connectivity index (χ2n) is 5.92. The van der Waals surface area contributed by atoms with Crippen LogP contribution >= 0.6 is 0 Å². The minimum absolute atomic E-state index is 0.176. The van der Waals surface area contributed by atoms with E-state index in [1.807, 2.05) is 0 Å². The van der Waals surface area contributed by atoms with E-state index in [4.69, 9.17) is 9.15 Å². The maximum atomic E-state index is 12.0. The van der Waals surface area contributed by atoms with Gasteiger partial charge in [-0.1, -0.05) is 6.07 Å². The number of rotatable bonds is 7. The second kappa shape index (κ2) is 8.26. The van der Waals surface area contributed by atoms with Gasteiger partial charge in [-0.05, 0) is 35.4 Å². The van der Waals surface area contributed by atoms with Crippen LogP contribution in [0.2, 0.25) is 0 Å². The number of carboxylic acid groups (broad SMARTS) is 1. The zero-order chi connectivity index (χ0) is 19.2. The number of carbonyl (C=O) groups excluding carboxylic acids is 2. The molecule has 0 bridgehead atoms. The van der Waals surface area contributed by atoms with Gasteiger partial charge in [0, 0.05) is 6.42 Å². The quantitative estimate of drug-likeness (QED) is 0.572. The first-order valence-corrected chi connectivity index (χ1v) is 8.35. The molecule has 1 aromatic heterocycles. The number of benzene rings is 1. The summed E-state index contributed by atoms with van der Waals surface area (Å²) in [6.07, 6.45) is 2.18. The van der Waals surface area contributed by atoms with Crippen molar-refractivity contribution in [3.63, 3.8) is 0 Å². The van der Waals surface area contributed by atoms with E-state index >= 15 is 0 Å². The summed E-state index contributed by atoms with van der Waals surface area (Å²) in [5.41, 5.74) is 1.35. The number of ether oxygens (including phenoxy) is 1. The largest absolute Gasteiger partial charge is 0.493 e. The van der Waals surface area contributed by atoms with Crippen LogP contribution in [0.5, 0.6) is 5.75 Å². The number of hydrogen-bond acceptors (Lipinski definition) is 5. The van der Waals surface area contributed by atoms with Crippen molar-refractivity contribution in [1.82, 2.24) is 16.0 Å². The van der Waals surface area contributed by atoms with Crippen molar-refractivity contribution in [2.24, 2.45) is 0 Å². The van der Waals surface area contributed by atoms with Crippen LogP contribution in [0.15, 0.2) is 41.0 Å². The Bertz CT molecular complexity index is 834. The van der Waals surface area contributed by atoms with E-state index in [2.05, 4.69) is 16.0 Å². The average Bonchev–Trinajstić information content (AvgIpc) is 3.33. The van der Waals surface area contributed by atoms with Crippen LogP contribution in [0.3, 0.4) is 0 Å². The Morgan fingerprint density at radius 1 is 1.19 bits per heavy atom. The third-order valence-electron chi connectivity index (χ3n) is 4.01. The van der Waals surface area contributed by atoms with Crippen LogP contribution in [0.25, 0.3) is 0 Å². The van der Waals surface area contributed by atoms with Crippen LogP contribution in [0, 0.1) is 0 Å².